The summed E-state index contributed by atoms with van der Waals surface area (Å²) in [5.41, 5.74) is 2.97. The van der Waals surface area contributed by atoms with E-state index in [4.69, 9.17) is 9.15 Å². The number of morpholine rings is 1. The zero-order valence-corrected chi connectivity index (χ0v) is 19.6. The van der Waals surface area contributed by atoms with E-state index in [9.17, 15) is 13.2 Å². The number of fused-ring (bicyclic) bond motifs is 3. The molecule has 1 saturated heterocycles. The lowest BCUT2D eigenvalue weighted by Crippen LogP contribution is -2.42. The Hall–Kier alpha value is -2.46. The fourth-order valence-corrected chi connectivity index (χ4v) is 6.43. The molecule has 0 spiro atoms. The van der Waals surface area contributed by atoms with E-state index in [1.165, 1.54) is 4.31 Å². The molecule has 0 atom stereocenters. The van der Waals surface area contributed by atoms with E-state index in [-0.39, 0.29) is 17.2 Å². The first-order valence-electron chi connectivity index (χ1n) is 11.4. The first-order chi connectivity index (χ1) is 15.9. The van der Waals surface area contributed by atoms with Gasteiger partial charge in [0, 0.05) is 54.8 Å². The third kappa shape index (κ3) is 4.38. The molecule has 0 amide bonds. The van der Waals surface area contributed by atoms with Crippen LogP contribution in [0.15, 0.2) is 39.8 Å². The Morgan fingerprint density at radius 2 is 2.00 bits per heavy atom. The van der Waals surface area contributed by atoms with Crippen molar-refractivity contribution in [2.45, 2.75) is 37.6 Å². The normalized spacial score (nSPS) is 17.7. The number of carbonyl (C=O) groups is 1. The molecule has 1 fully saturated rings. The molecular formula is C24H29N3O5S. The van der Waals surface area contributed by atoms with Crippen LogP contribution < -0.4 is 0 Å². The minimum atomic E-state index is -3.80. The number of aromatic amines is 1. The van der Waals surface area contributed by atoms with E-state index >= 15 is 0 Å². The fourth-order valence-electron chi connectivity index (χ4n) is 4.80. The van der Waals surface area contributed by atoms with Gasteiger partial charge in [0.1, 0.15) is 5.76 Å². The zero-order valence-electron chi connectivity index (χ0n) is 18.8. The molecule has 1 aliphatic carbocycles. The number of hydrogen-bond donors (Lipinski definition) is 1. The van der Waals surface area contributed by atoms with Gasteiger partial charge in [-0.1, -0.05) is 0 Å². The van der Waals surface area contributed by atoms with E-state index < -0.39 is 10.0 Å². The van der Waals surface area contributed by atoms with Crippen molar-refractivity contribution in [2.24, 2.45) is 0 Å². The van der Waals surface area contributed by atoms with E-state index in [2.05, 4.69) is 9.88 Å². The maximum Gasteiger partial charge on any atom is 0.243 e. The van der Waals surface area contributed by atoms with Crippen molar-refractivity contribution < 1.29 is 22.4 Å². The first kappa shape index (κ1) is 22.3. The number of aromatic nitrogens is 1. The number of sulfonamides is 1. The van der Waals surface area contributed by atoms with E-state index in [0.29, 0.717) is 49.6 Å². The minimum absolute atomic E-state index is 0.127. The molecule has 0 unspecified atom stereocenters. The van der Waals surface area contributed by atoms with Crippen LogP contribution in [0.1, 0.15) is 40.2 Å². The molecule has 5 rings (SSSR count). The summed E-state index contributed by atoms with van der Waals surface area (Å²) in [5.74, 6) is 0.725. The third-order valence-corrected chi connectivity index (χ3v) is 8.57. The second-order valence-corrected chi connectivity index (χ2v) is 10.7. The van der Waals surface area contributed by atoms with E-state index in [0.717, 1.165) is 42.6 Å². The predicted molar refractivity (Wildman–Crippen MR) is 124 cm³/mol. The monoisotopic (exact) mass is 471 g/mol. The smallest absolute Gasteiger partial charge is 0.243 e. The lowest BCUT2D eigenvalue weighted by atomic mass is 9.94. The second-order valence-electron chi connectivity index (χ2n) is 8.79. The van der Waals surface area contributed by atoms with Crippen molar-refractivity contribution in [1.29, 1.82) is 0 Å². The molecule has 3 aromatic rings. The van der Waals surface area contributed by atoms with E-state index in [1.807, 2.05) is 6.07 Å². The Bertz CT molecular complexity index is 1260. The molecule has 176 valence electrons. The number of furan rings is 1. The van der Waals surface area contributed by atoms with Crippen LogP contribution in [0.5, 0.6) is 0 Å². The molecular weight excluding hydrogens is 442 g/mol. The standard InChI is InChI=1S/C24H29N3O5S/c1-17-14-19-21(25-20-5-2-6-22(28)24(19)20)15-23(17)33(29,30)27(16-18-4-3-11-32-18)8-7-26-9-12-31-13-10-26/h3-4,11,14-15,25H,2,5-10,12-13,16H2,1H3. The van der Waals surface area contributed by atoms with Crippen molar-refractivity contribution in [3.8, 4) is 0 Å². The van der Waals surface area contributed by atoms with Gasteiger partial charge in [0.2, 0.25) is 10.0 Å². The lowest BCUT2D eigenvalue weighted by Gasteiger charge is -2.29. The number of carbonyl (C=O) groups excluding carboxylic acids is 1. The van der Waals surface area contributed by atoms with Crippen LogP contribution in [0.2, 0.25) is 0 Å². The van der Waals surface area contributed by atoms with E-state index in [1.54, 1.807) is 31.4 Å². The van der Waals surface area contributed by atoms with Gasteiger partial charge in [0.15, 0.2) is 5.78 Å². The number of aryl methyl sites for hydroxylation is 2. The van der Waals surface area contributed by atoms with Gasteiger partial charge in [-0.2, -0.15) is 4.31 Å². The summed E-state index contributed by atoms with van der Waals surface area (Å²) in [6.45, 7) is 5.84. The quantitative estimate of drug-likeness (QED) is 0.569. The highest BCUT2D eigenvalue weighted by molar-refractivity contribution is 7.89. The summed E-state index contributed by atoms with van der Waals surface area (Å²) in [6, 6.07) is 7.08. The molecule has 9 heteroatoms. The van der Waals surface area contributed by atoms with Crippen molar-refractivity contribution in [3.63, 3.8) is 0 Å². The number of ketones is 1. The maximum absolute atomic E-state index is 13.9. The molecule has 2 aromatic heterocycles. The Morgan fingerprint density at radius 1 is 1.18 bits per heavy atom. The van der Waals surface area contributed by atoms with Crippen LogP contribution in [-0.4, -0.2) is 67.8 Å². The van der Waals surface area contributed by atoms with Crippen LogP contribution in [0, 0.1) is 6.92 Å². The Labute approximate surface area is 193 Å². The van der Waals surface area contributed by atoms with Gasteiger partial charge in [-0.25, -0.2) is 8.42 Å². The molecule has 1 aromatic carbocycles. The number of rotatable bonds is 7. The number of H-pyrrole nitrogens is 1. The van der Waals surface area contributed by atoms with Gasteiger partial charge >= 0.3 is 0 Å². The van der Waals surface area contributed by atoms with Gasteiger partial charge < -0.3 is 14.1 Å². The van der Waals surface area contributed by atoms with Crippen LogP contribution in [-0.2, 0) is 27.7 Å². The average Bonchev–Trinajstić information content (AvgIpc) is 3.44. The summed E-state index contributed by atoms with van der Waals surface area (Å²) in [7, 11) is -3.80. The van der Waals surface area contributed by atoms with Crippen LogP contribution >= 0.6 is 0 Å². The Balaban J connectivity index is 1.49. The van der Waals surface area contributed by atoms with Crippen LogP contribution in [0.4, 0.5) is 0 Å². The maximum atomic E-state index is 13.9. The van der Waals surface area contributed by atoms with Gasteiger partial charge in [-0.05, 0) is 49.6 Å². The molecule has 33 heavy (non-hydrogen) atoms. The summed E-state index contributed by atoms with van der Waals surface area (Å²) in [5, 5.41) is 0.817. The van der Waals surface area contributed by atoms with Gasteiger partial charge in [0.25, 0.3) is 0 Å². The van der Waals surface area contributed by atoms with Crippen molar-refractivity contribution in [3.05, 3.63) is 53.1 Å². The van der Waals surface area contributed by atoms with Crippen molar-refractivity contribution >= 4 is 26.7 Å². The summed E-state index contributed by atoms with van der Waals surface area (Å²) in [4.78, 5) is 18.3. The number of Topliss-reactive ketones (excluding diaryl/α,β-unsaturated/α-hetero) is 1. The highest BCUT2D eigenvalue weighted by Crippen LogP contribution is 2.33. The fraction of sp³-hybridized carbons (Fsp3) is 0.458. The minimum Gasteiger partial charge on any atom is -0.468 e. The molecule has 1 aliphatic heterocycles. The Kier molecular flexibility index (Phi) is 6.13. The highest BCUT2D eigenvalue weighted by atomic mass is 32.2. The third-order valence-electron chi connectivity index (χ3n) is 6.58. The SMILES string of the molecule is Cc1cc2c3c([nH]c2cc1S(=O)(=O)N(CCN1CCOCC1)Cc1ccco1)CCCC3=O. The predicted octanol–water partition coefficient (Wildman–Crippen LogP) is 3.11. The zero-order chi connectivity index (χ0) is 23.0. The van der Waals surface area contributed by atoms with Gasteiger partial charge in [-0.15, -0.1) is 0 Å². The summed E-state index contributed by atoms with van der Waals surface area (Å²) >= 11 is 0. The van der Waals surface area contributed by atoms with Crippen molar-refractivity contribution in [1.82, 2.24) is 14.2 Å². The number of ether oxygens (including phenoxy) is 1. The molecule has 0 saturated carbocycles. The number of benzene rings is 1. The molecule has 8 nitrogen and oxygen atoms in total. The number of nitrogens with one attached hydrogen (secondary N) is 1. The molecule has 0 bridgehead atoms. The number of hydrogen-bond acceptors (Lipinski definition) is 6. The topological polar surface area (TPSA) is 95.8 Å². The Morgan fingerprint density at radius 3 is 2.76 bits per heavy atom. The number of nitrogens with zero attached hydrogens (tertiary/aromatic N) is 2. The second kappa shape index (κ2) is 9.06. The molecule has 0 radical (unpaired) electrons. The summed E-state index contributed by atoms with van der Waals surface area (Å²) in [6.07, 6.45) is 3.72. The van der Waals surface area contributed by atoms with Crippen LogP contribution in [0.25, 0.3) is 10.9 Å². The molecule has 2 aliphatic rings. The largest absolute Gasteiger partial charge is 0.468 e. The van der Waals surface area contributed by atoms with Crippen LogP contribution in [0.3, 0.4) is 0 Å². The van der Waals surface area contributed by atoms with Gasteiger partial charge in [-0.3, -0.25) is 9.69 Å². The lowest BCUT2D eigenvalue weighted by molar-refractivity contribution is 0.0360. The van der Waals surface area contributed by atoms with Crippen molar-refractivity contribution in [2.75, 3.05) is 39.4 Å². The highest BCUT2D eigenvalue weighted by Gasteiger charge is 2.30. The first-order valence-corrected chi connectivity index (χ1v) is 12.9. The summed E-state index contributed by atoms with van der Waals surface area (Å²) < 4.78 is 40.1. The average molecular weight is 472 g/mol. The molecule has 3 heterocycles. The van der Waals surface area contributed by atoms with Gasteiger partial charge in [0.05, 0.1) is 30.9 Å². The molecule has 1 N–H and O–H groups in total.